The molecule has 1 saturated heterocycles. The minimum absolute atomic E-state index is 0.507. The monoisotopic (exact) mass is 276 g/mol. The van der Waals surface area contributed by atoms with E-state index in [9.17, 15) is 8.42 Å². The van der Waals surface area contributed by atoms with Crippen LogP contribution in [0, 0.1) is 0 Å². The number of rotatable bonds is 5. The molecule has 1 fully saturated rings. The zero-order valence-corrected chi connectivity index (χ0v) is 13.0. The average molecular weight is 276 g/mol. The summed E-state index contributed by atoms with van der Waals surface area (Å²) >= 11 is 0. The second-order valence-electron chi connectivity index (χ2n) is 6.06. The Morgan fingerprint density at radius 1 is 1.39 bits per heavy atom. The van der Waals surface area contributed by atoms with Crippen LogP contribution in [0.15, 0.2) is 0 Å². The summed E-state index contributed by atoms with van der Waals surface area (Å²) in [6, 6.07) is 0.507. The molecule has 1 atom stereocenters. The van der Waals surface area contributed by atoms with Gasteiger partial charge in [-0.15, -0.1) is 0 Å². The van der Waals surface area contributed by atoms with Crippen molar-refractivity contribution in [2.24, 2.45) is 0 Å². The van der Waals surface area contributed by atoms with E-state index < -0.39 is 14.6 Å². The van der Waals surface area contributed by atoms with Crippen LogP contribution in [0.5, 0.6) is 0 Å². The lowest BCUT2D eigenvalue weighted by Gasteiger charge is -2.32. The van der Waals surface area contributed by atoms with Crippen LogP contribution in [-0.2, 0) is 9.84 Å². The Labute approximate surface area is 112 Å². The number of nitrogens with one attached hydrogen (secondary N) is 1. The quantitative estimate of drug-likeness (QED) is 0.822. The summed E-state index contributed by atoms with van der Waals surface area (Å²) in [6.07, 6.45) is 4.77. The van der Waals surface area contributed by atoms with Crippen LogP contribution >= 0.6 is 0 Å². The maximum Gasteiger partial charge on any atom is 0.153 e. The molecule has 18 heavy (non-hydrogen) atoms. The van der Waals surface area contributed by atoms with Crippen molar-refractivity contribution in [3.05, 3.63) is 0 Å². The number of nitrogens with zero attached hydrogens (tertiary/aromatic N) is 1. The molecule has 1 aliphatic heterocycles. The molecule has 0 bridgehead atoms. The standard InChI is InChI=1S/C13H28N2O2S/c1-5-7-12-10-15(9-6-8-14-12)11-13(2,3)18(4,16)17/h12,14H,5-11H2,1-4H3. The molecule has 0 aliphatic carbocycles. The first kappa shape index (κ1) is 15.9. The van der Waals surface area contributed by atoms with E-state index in [1.54, 1.807) is 0 Å². The maximum absolute atomic E-state index is 11.8. The van der Waals surface area contributed by atoms with Crippen molar-refractivity contribution in [2.45, 2.75) is 50.8 Å². The summed E-state index contributed by atoms with van der Waals surface area (Å²) in [5.41, 5.74) is 0. The predicted octanol–water partition coefficient (Wildman–Crippen LogP) is 1.27. The zero-order valence-electron chi connectivity index (χ0n) is 12.2. The smallest absolute Gasteiger partial charge is 0.153 e. The molecule has 0 aromatic carbocycles. The fourth-order valence-electron chi connectivity index (χ4n) is 2.42. The van der Waals surface area contributed by atoms with Crippen molar-refractivity contribution in [3.8, 4) is 0 Å². The van der Waals surface area contributed by atoms with Crippen LogP contribution < -0.4 is 5.32 Å². The molecule has 0 aromatic heterocycles. The average Bonchev–Trinajstić information content (AvgIpc) is 2.41. The largest absolute Gasteiger partial charge is 0.313 e. The number of sulfone groups is 1. The Balaban J connectivity index is 2.65. The lowest BCUT2D eigenvalue weighted by Crippen LogP contribution is -2.47. The Morgan fingerprint density at radius 2 is 2.06 bits per heavy atom. The van der Waals surface area contributed by atoms with Gasteiger partial charge in [-0.2, -0.15) is 0 Å². The fourth-order valence-corrected chi connectivity index (χ4v) is 2.83. The van der Waals surface area contributed by atoms with Gasteiger partial charge in [0.05, 0.1) is 4.75 Å². The van der Waals surface area contributed by atoms with E-state index in [-0.39, 0.29) is 0 Å². The van der Waals surface area contributed by atoms with Crippen molar-refractivity contribution in [3.63, 3.8) is 0 Å². The first-order chi connectivity index (χ1) is 8.26. The van der Waals surface area contributed by atoms with Crippen molar-refractivity contribution < 1.29 is 8.42 Å². The summed E-state index contributed by atoms with van der Waals surface area (Å²) in [7, 11) is -3.01. The molecule has 0 radical (unpaired) electrons. The lowest BCUT2D eigenvalue weighted by atomic mass is 10.1. The van der Waals surface area contributed by atoms with Gasteiger partial charge in [-0.25, -0.2) is 8.42 Å². The van der Waals surface area contributed by atoms with Crippen LogP contribution in [0.3, 0.4) is 0 Å². The molecule has 1 unspecified atom stereocenters. The Morgan fingerprint density at radius 3 is 2.61 bits per heavy atom. The van der Waals surface area contributed by atoms with Gasteiger partial charge in [-0.3, -0.25) is 0 Å². The molecular formula is C13H28N2O2S. The van der Waals surface area contributed by atoms with E-state index in [1.807, 2.05) is 13.8 Å². The topological polar surface area (TPSA) is 49.4 Å². The SMILES string of the molecule is CCCC1CN(CC(C)(C)S(C)(=O)=O)CCCN1. The molecule has 1 aliphatic rings. The normalized spacial score (nSPS) is 23.9. The molecule has 108 valence electrons. The summed E-state index contributed by atoms with van der Waals surface area (Å²) < 4.78 is 22.9. The van der Waals surface area contributed by atoms with Crippen LogP contribution in [0.4, 0.5) is 0 Å². The highest BCUT2D eigenvalue weighted by Gasteiger charge is 2.33. The van der Waals surface area contributed by atoms with Gasteiger partial charge in [0, 0.05) is 25.4 Å². The van der Waals surface area contributed by atoms with E-state index in [2.05, 4.69) is 17.1 Å². The van der Waals surface area contributed by atoms with Gasteiger partial charge >= 0.3 is 0 Å². The molecule has 0 saturated carbocycles. The van der Waals surface area contributed by atoms with Gasteiger partial charge in [0.2, 0.25) is 0 Å². The Hall–Kier alpha value is -0.130. The second kappa shape index (κ2) is 6.35. The minimum Gasteiger partial charge on any atom is -0.313 e. The van der Waals surface area contributed by atoms with Crippen LogP contribution in [0.25, 0.3) is 0 Å². The van der Waals surface area contributed by atoms with Crippen molar-refractivity contribution in [1.29, 1.82) is 0 Å². The van der Waals surface area contributed by atoms with Crippen LogP contribution in [-0.4, -0.2) is 56.5 Å². The Kier molecular flexibility index (Phi) is 5.62. The van der Waals surface area contributed by atoms with Crippen LogP contribution in [0.2, 0.25) is 0 Å². The van der Waals surface area contributed by atoms with E-state index in [0.717, 1.165) is 32.5 Å². The highest BCUT2D eigenvalue weighted by Crippen LogP contribution is 2.18. The van der Waals surface area contributed by atoms with E-state index in [4.69, 9.17) is 0 Å². The maximum atomic E-state index is 11.8. The molecule has 5 heteroatoms. The Bertz CT molecular complexity index is 352. The number of hydrogen-bond donors (Lipinski definition) is 1. The van der Waals surface area contributed by atoms with Gasteiger partial charge in [0.15, 0.2) is 9.84 Å². The zero-order chi connectivity index (χ0) is 13.8. The third-order valence-electron chi connectivity index (χ3n) is 3.81. The van der Waals surface area contributed by atoms with Gasteiger partial charge in [-0.05, 0) is 39.8 Å². The summed E-state index contributed by atoms with van der Waals surface area (Å²) in [5.74, 6) is 0. The van der Waals surface area contributed by atoms with E-state index in [0.29, 0.717) is 12.6 Å². The van der Waals surface area contributed by atoms with Crippen molar-refractivity contribution in [2.75, 3.05) is 32.4 Å². The highest BCUT2D eigenvalue weighted by molar-refractivity contribution is 7.92. The van der Waals surface area contributed by atoms with Crippen molar-refractivity contribution >= 4 is 9.84 Å². The van der Waals surface area contributed by atoms with E-state index in [1.165, 1.54) is 12.7 Å². The fraction of sp³-hybridized carbons (Fsp3) is 1.00. The minimum atomic E-state index is -3.01. The lowest BCUT2D eigenvalue weighted by molar-refractivity contribution is 0.242. The second-order valence-corrected chi connectivity index (χ2v) is 8.71. The molecule has 1 N–H and O–H groups in total. The third kappa shape index (κ3) is 4.52. The summed E-state index contributed by atoms with van der Waals surface area (Å²) in [5, 5.41) is 3.55. The molecule has 1 heterocycles. The molecule has 4 nitrogen and oxygen atoms in total. The molecular weight excluding hydrogens is 248 g/mol. The summed E-state index contributed by atoms with van der Waals surface area (Å²) in [4.78, 5) is 2.31. The first-order valence-corrected chi connectivity index (χ1v) is 8.81. The number of hydrogen-bond acceptors (Lipinski definition) is 4. The van der Waals surface area contributed by atoms with Gasteiger partial charge in [0.25, 0.3) is 0 Å². The highest BCUT2D eigenvalue weighted by atomic mass is 32.2. The molecule has 0 amide bonds. The molecule has 0 aromatic rings. The third-order valence-corrected chi connectivity index (χ3v) is 5.94. The van der Waals surface area contributed by atoms with Crippen molar-refractivity contribution in [1.82, 2.24) is 10.2 Å². The van der Waals surface area contributed by atoms with Gasteiger partial charge in [0.1, 0.15) is 0 Å². The van der Waals surface area contributed by atoms with Crippen LogP contribution in [0.1, 0.15) is 40.0 Å². The first-order valence-electron chi connectivity index (χ1n) is 6.91. The molecule has 1 rings (SSSR count). The summed E-state index contributed by atoms with van der Waals surface area (Å²) in [6.45, 7) is 9.48. The van der Waals surface area contributed by atoms with Gasteiger partial charge < -0.3 is 10.2 Å². The molecule has 0 spiro atoms. The van der Waals surface area contributed by atoms with E-state index >= 15 is 0 Å². The van der Waals surface area contributed by atoms with Gasteiger partial charge in [-0.1, -0.05) is 13.3 Å². The predicted molar refractivity (Wildman–Crippen MR) is 76.7 cm³/mol.